The van der Waals surface area contributed by atoms with E-state index in [9.17, 15) is 4.39 Å². The second-order valence-corrected chi connectivity index (χ2v) is 3.45. The summed E-state index contributed by atoms with van der Waals surface area (Å²) in [7, 11) is 0. The third-order valence-corrected chi connectivity index (χ3v) is 2.62. The summed E-state index contributed by atoms with van der Waals surface area (Å²) < 4.78 is 18.4. The SMILES string of the molecule is FCC1(c2ccccc2)CCCO1. The van der Waals surface area contributed by atoms with E-state index in [1.165, 1.54) is 0 Å². The zero-order chi connectivity index (χ0) is 9.15. The van der Waals surface area contributed by atoms with Gasteiger partial charge in [0, 0.05) is 6.61 Å². The summed E-state index contributed by atoms with van der Waals surface area (Å²) in [6.07, 6.45) is 1.76. The Morgan fingerprint density at radius 3 is 2.62 bits per heavy atom. The maximum atomic E-state index is 12.9. The minimum absolute atomic E-state index is 0.420. The van der Waals surface area contributed by atoms with Gasteiger partial charge in [-0.2, -0.15) is 0 Å². The van der Waals surface area contributed by atoms with Gasteiger partial charge in [-0.25, -0.2) is 4.39 Å². The molecule has 1 nitrogen and oxygen atoms in total. The van der Waals surface area contributed by atoms with E-state index in [4.69, 9.17) is 4.74 Å². The van der Waals surface area contributed by atoms with E-state index in [0.717, 1.165) is 18.4 Å². The number of alkyl halides is 1. The van der Waals surface area contributed by atoms with Crippen molar-refractivity contribution in [3.8, 4) is 0 Å². The molecule has 1 heterocycles. The monoisotopic (exact) mass is 180 g/mol. The third-order valence-electron chi connectivity index (χ3n) is 2.62. The van der Waals surface area contributed by atoms with Crippen molar-refractivity contribution in [1.82, 2.24) is 0 Å². The molecular weight excluding hydrogens is 167 g/mol. The number of benzene rings is 1. The predicted octanol–water partition coefficient (Wildman–Crippen LogP) is 2.66. The van der Waals surface area contributed by atoms with Gasteiger partial charge < -0.3 is 4.74 Å². The Bertz CT molecular complexity index is 265. The van der Waals surface area contributed by atoms with Crippen LogP contribution in [0.1, 0.15) is 18.4 Å². The molecule has 1 aliphatic rings. The first-order valence-electron chi connectivity index (χ1n) is 4.63. The standard InChI is InChI=1S/C11H13FO/c12-9-11(7-4-8-13-11)10-5-2-1-3-6-10/h1-3,5-6H,4,7-9H2. The van der Waals surface area contributed by atoms with Crippen molar-refractivity contribution in [2.45, 2.75) is 18.4 Å². The van der Waals surface area contributed by atoms with E-state index in [-0.39, 0.29) is 0 Å². The summed E-state index contributed by atoms with van der Waals surface area (Å²) in [5.74, 6) is 0. The lowest BCUT2D eigenvalue weighted by Crippen LogP contribution is -2.27. The molecule has 1 aliphatic heterocycles. The van der Waals surface area contributed by atoms with Crippen molar-refractivity contribution in [2.24, 2.45) is 0 Å². The first-order valence-corrected chi connectivity index (χ1v) is 4.63. The molecule has 13 heavy (non-hydrogen) atoms. The average molecular weight is 180 g/mol. The summed E-state index contributed by atoms with van der Waals surface area (Å²) in [6, 6.07) is 9.66. The van der Waals surface area contributed by atoms with Crippen molar-refractivity contribution < 1.29 is 9.13 Å². The third kappa shape index (κ3) is 1.46. The first-order chi connectivity index (χ1) is 6.37. The van der Waals surface area contributed by atoms with Crippen LogP contribution in [0.15, 0.2) is 30.3 Å². The molecular formula is C11H13FO. The fraction of sp³-hybridized carbons (Fsp3) is 0.455. The molecule has 1 aromatic rings. The summed E-state index contributed by atoms with van der Waals surface area (Å²) in [5, 5.41) is 0. The van der Waals surface area contributed by atoms with Gasteiger partial charge in [-0.05, 0) is 18.4 Å². The molecule has 1 saturated heterocycles. The fourth-order valence-electron chi connectivity index (χ4n) is 1.85. The molecule has 0 aliphatic carbocycles. The van der Waals surface area contributed by atoms with Crippen LogP contribution in [-0.4, -0.2) is 13.3 Å². The maximum absolute atomic E-state index is 12.9. The zero-order valence-electron chi connectivity index (χ0n) is 7.50. The van der Waals surface area contributed by atoms with Gasteiger partial charge in [-0.3, -0.25) is 0 Å². The molecule has 0 bridgehead atoms. The summed E-state index contributed by atoms with van der Waals surface area (Å²) >= 11 is 0. The van der Waals surface area contributed by atoms with E-state index >= 15 is 0 Å². The average Bonchev–Trinajstić information content (AvgIpc) is 2.69. The van der Waals surface area contributed by atoms with Crippen LogP contribution in [0.2, 0.25) is 0 Å². The van der Waals surface area contributed by atoms with Gasteiger partial charge in [0.15, 0.2) is 0 Å². The molecule has 0 saturated carbocycles. The second kappa shape index (κ2) is 3.46. The molecule has 0 aromatic heterocycles. The molecule has 1 fully saturated rings. The molecule has 2 heteroatoms. The van der Waals surface area contributed by atoms with Gasteiger partial charge in [0.05, 0.1) is 0 Å². The quantitative estimate of drug-likeness (QED) is 0.679. The first kappa shape index (κ1) is 8.70. The van der Waals surface area contributed by atoms with Crippen molar-refractivity contribution in [1.29, 1.82) is 0 Å². The van der Waals surface area contributed by atoms with Crippen LogP contribution < -0.4 is 0 Å². The Morgan fingerprint density at radius 1 is 1.31 bits per heavy atom. The van der Waals surface area contributed by atoms with Gasteiger partial charge >= 0.3 is 0 Å². The number of hydrogen-bond donors (Lipinski definition) is 0. The lowest BCUT2D eigenvalue weighted by atomic mass is 9.92. The van der Waals surface area contributed by atoms with Crippen LogP contribution in [0.5, 0.6) is 0 Å². The predicted molar refractivity (Wildman–Crippen MR) is 49.3 cm³/mol. The van der Waals surface area contributed by atoms with E-state index in [0.29, 0.717) is 6.61 Å². The van der Waals surface area contributed by atoms with Crippen molar-refractivity contribution in [3.05, 3.63) is 35.9 Å². The van der Waals surface area contributed by atoms with Crippen LogP contribution in [0, 0.1) is 0 Å². The van der Waals surface area contributed by atoms with Gasteiger partial charge in [-0.1, -0.05) is 30.3 Å². The highest BCUT2D eigenvalue weighted by Gasteiger charge is 2.36. The fourth-order valence-corrected chi connectivity index (χ4v) is 1.85. The molecule has 0 spiro atoms. The molecule has 70 valence electrons. The smallest absolute Gasteiger partial charge is 0.123 e. The van der Waals surface area contributed by atoms with E-state index < -0.39 is 12.3 Å². The highest BCUT2D eigenvalue weighted by molar-refractivity contribution is 5.23. The van der Waals surface area contributed by atoms with Crippen molar-refractivity contribution in [2.75, 3.05) is 13.3 Å². The van der Waals surface area contributed by atoms with Crippen LogP contribution >= 0.6 is 0 Å². The number of hydrogen-bond acceptors (Lipinski definition) is 1. The number of rotatable bonds is 2. The Kier molecular flexibility index (Phi) is 2.32. The molecule has 1 aromatic carbocycles. The minimum Gasteiger partial charge on any atom is -0.368 e. The summed E-state index contributed by atoms with van der Waals surface area (Å²) in [6.45, 7) is 0.260. The van der Waals surface area contributed by atoms with Gasteiger partial charge in [0.2, 0.25) is 0 Å². The molecule has 1 atom stereocenters. The van der Waals surface area contributed by atoms with Crippen LogP contribution in [0.3, 0.4) is 0 Å². The highest BCUT2D eigenvalue weighted by Crippen LogP contribution is 2.36. The van der Waals surface area contributed by atoms with E-state index in [1.54, 1.807) is 0 Å². The highest BCUT2D eigenvalue weighted by atomic mass is 19.1. The van der Waals surface area contributed by atoms with Crippen molar-refractivity contribution in [3.63, 3.8) is 0 Å². The Morgan fingerprint density at radius 2 is 2.08 bits per heavy atom. The molecule has 0 amide bonds. The normalized spacial score (nSPS) is 27.8. The molecule has 1 unspecified atom stereocenters. The summed E-state index contributed by atoms with van der Waals surface area (Å²) in [4.78, 5) is 0. The maximum Gasteiger partial charge on any atom is 0.123 e. The molecule has 0 radical (unpaired) electrons. The topological polar surface area (TPSA) is 9.23 Å². The largest absolute Gasteiger partial charge is 0.368 e. The second-order valence-electron chi connectivity index (χ2n) is 3.45. The molecule has 2 rings (SSSR count). The Balaban J connectivity index is 2.31. The van der Waals surface area contributed by atoms with Gasteiger partial charge in [-0.15, -0.1) is 0 Å². The van der Waals surface area contributed by atoms with Gasteiger partial charge in [0.1, 0.15) is 12.3 Å². The zero-order valence-corrected chi connectivity index (χ0v) is 7.50. The minimum atomic E-state index is -0.638. The number of halogens is 1. The van der Waals surface area contributed by atoms with E-state index in [2.05, 4.69) is 0 Å². The van der Waals surface area contributed by atoms with Crippen LogP contribution in [0.25, 0.3) is 0 Å². The Hall–Kier alpha value is -0.890. The lowest BCUT2D eigenvalue weighted by molar-refractivity contribution is -0.0193. The van der Waals surface area contributed by atoms with Crippen molar-refractivity contribution >= 4 is 0 Å². The lowest BCUT2D eigenvalue weighted by Gasteiger charge is -2.25. The summed E-state index contributed by atoms with van der Waals surface area (Å²) in [5.41, 5.74) is 0.330. The van der Waals surface area contributed by atoms with E-state index in [1.807, 2.05) is 30.3 Å². The number of ether oxygens (including phenoxy) is 1. The van der Waals surface area contributed by atoms with Crippen LogP contribution in [0.4, 0.5) is 4.39 Å². The molecule has 0 N–H and O–H groups in total. The Labute approximate surface area is 77.5 Å². The van der Waals surface area contributed by atoms with Gasteiger partial charge in [0.25, 0.3) is 0 Å². The van der Waals surface area contributed by atoms with Crippen LogP contribution in [-0.2, 0) is 10.3 Å².